The second kappa shape index (κ2) is 9.91. The predicted molar refractivity (Wildman–Crippen MR) is 98.8 cm³/mol. The SMILES string of the molecule is COCCCNC(=NCc1nnc(C)n1C)NCc1cc(C(C)C)no1. The number of rotatable bonds is 9. The van der Waals surface area contributed by atoms with Crippen LogP contribution < -0.4 is 10.6 Å². The van der Waals surface area contributed by atoms with E-state index in [0.717, 1.165) is 36.1 Å². The molecule has 0 bridgehead atoms. The van der Waals surface area contributed by atoms with Gasteiger partial charge in [-0.05, 0) is 19.3 Å². The number of hydrogen-bond donors (Lipinski definition) is 2. The van der Waals surface area contributed by atoms with Gasteiger partial charge < -0.3 is 24.5 Å². The Labute approximate surface area is 154 Å². The lowest BCUT2D eigenvalue weighted by Crippen LogP contribution is -2.37. The smallest absolute Gasteiger partial charge is 0.192 e. The largest absolute Gasteiger partial charge is 0.385 e. The van der Waals surface area contributed by atoms with E-state index in [-0.39, 0.29) is 0 Å². The molecule has 144 valence electrons. The summed E-state index contributed by atoms with van der Waals surface area (Å²) >= 11 is 0. The van der Waals surface area contributed by atoms with Crippen LogP contribution in [0.25, 0.3) is 0 Å². The summed E-state index contributed by atoms with van der Waals surface area (Å²) in [7, 11) is 3.63. The first-order valence-corrected chi connectivity index (χ1v) is 8.82. The molecule has 0 aromatic carbocycles. The first-order chi connectivity index (χ1) is 12.5. The molecule has 0 saturated heterocycles. The number of nitrogens with zero attached hydrogens (tertiary/aromatic N) is 5. The second-order valence-electron chi connectivity index (χ2n) is 6.39. The van der Waals surface area contributed by atoms with Gasteiger partial charge >= 0.3 is 0 Å². The summed E-state index contributed by atoms with van der Waals surface area (Å²) in [5.41, 5.74) is 0.947. The molecule has 0 saturated carbocycles. The summed E-state index contributed by atoms with van der Waals surface area (Å²) in [4.78, 5) is 4.59. The Morgan fingerprint density at radius 2 is 2.15 bits per heavy atom. The van der Waals surface area contributed by atoms with Crippen molar-refractivity contribution in [2.24, 2.45) is 12.0 Å². The molecular weight excluding hydrogens is 334 g/mol. The standard InChI is InChI=1S/C17H29N7O2/c1-12(2)15-9-14(26-23-15)10-19-17(18-7-6-8-25-5)20-11-16-22-21-13(3)24(16)4/h9,12H,6-8,10-11H2,1-5H3,(H2,18,19,20). The van der Waals surface area contributed by atoms with Gasteiger partial charge in [-0.2, -0.15) is 0 Å². The fourth-order valence-electron chi connectivity index (χ4n) is 2.19. The van der Waals surface area contributed by atoms with E-state index >= 15 is 0 Å². The topological polar surface area (TPSA) is 102 Å². The maximum absolute atomic E-state index is 5.36. The molecule has 26 heavy (non-hydrogen) atoms. The highest BCUT2D eigenvalue weighted by Crippen LogP contribution is 2.13. The van der Waals surface area contributed by atoms with E-state index in [2.05, 4.69) is 44.8 Å². The van der Waals surface area contributed by atoms with Crippen molar-refractivity contribution in [1.82, 2.24) is 30.6 Å². The fraction of sp³-hybridized carbons (Fsp3) is 0.647. The van der Waals surface area contributed by atoms with Gasteiger partial charge in [-0.25, -0.2) is 4.99 Å². The van der Waals surface area contributed by atoms with Crippen molar-refractivity contribution in [2.45, 2.75) is 46.2 Å². The Balaban J connectivity index is 1.97. The number of aromatic nitrogens is 4. The molecule has 9 nitrogen and oxygen atoms in total. The Bertz CT molecular complexity index is 706. The van der Waals surface area contributed by atoms with Gasteiger partial charge in [-0.15, -0.1) is 10.2 Å². The fourth-order valence-corrected chi connectivity index (χ4v) is 2.19. The average Bonchev–Trinajstić information content (AvgIpc) is 3.22. The molecule has 0 aliphatic rings. The highest BCUT2D eigenvalue weighted by molar-refractivity contribution is 5.79. The van der Waals surface area contributed by atoms with E-state index in [1.165, 1.54) is 0 Å². The van der Waals surface area contributed by atoms with E-state index in [1.807, 2.05) is 24.6 Å². The van der Waals surface area contributed by atoms with Crippen molar-refractivity contribution in [3.05, 3.63) is 29.2 Å². The first-order valence-electron chi connectivity index (χ1n) is 8.82. The predicted octanol–water partition coefficient (Wildman–Crippen LogP) is 1.51. The highest BCUT2D eigenvalue weighted by Gasteiger charge is 2.09. The van der Waals surface area contributed by atoms with E-state index in [1.54, 1.807) is 7.11 Å². The van der Waals surface area contributed by atoms with Crippen LogP contribution in [-0.4, -0.2) is 46.1 Å². The molecule has 0 unspecified atom stereocenters. The highest BCUT2D eigenvalue weighted by atomic mass is 16.5. The molecule has 0 atom stereocenters. The summed E-state index contributed by atoms with van der Waals surface area (Å²) in [6.07, 6.45) is 0.889. The summed E-state index contributed by atoms with van der Waals surface area (Å²) in [6.45, 7) is 8.48. The summed E-state index contributed by atoms with van der Waals surface area (Å²) in [5.74, 6) is 3.47. The van der Waals surface area contributed by atoms with Gasteiger partial charge in [0.1, 0.15) is 12.4 Å². The number of guanidine groups is 1. The van der Waals surface area contributed by atoms with Crippen LogP contribution in [0.2, 0.25) is 0 Å². The quantitative estimate of drug-likeness (QED) is 0.395. The van der Waals surface area contributed by atoms with Crippen LogP contribution in [-0.2, 0) is 24.9 Å². The molecule has 2 rings (SSSR count). The van der Waals surface area contributed by atoms with Gasteiger partial charge in [0.15, 0.2) is 17.5 Å². The van der Waals surface area contributed by atoms with Crippen LogP contribution in [0, 0.1) is 6.92 Å². The molecule has 9 heteroatoms. The van der Waals surface area contributed by atoms with Crippen LogP contribution >= 0.6 is 0 Å². The number of methoxy groups -OCH3 is 1. The number of aliphatic imine (C=N–C) groups is 1. The van der Waals surface area contributed by atoms with Crippen molar-refractivity contribution in [2.75, 3.05) is 20.3 Å². The van der Waals surface area contributed by atoms with E-state index in [4.69, 9.17) is 9.26 Å². The third kappa shape index (κ3) is 5.83. The van der Waals surface area contributed by atoms with Gasteiger partial charge in [0.2, 0.25) is 0 Å². The lowest BCUT2D eigenvalue weighted by atomic mass is 10.1. The van der Waals surface area contributed by atoms with Crippen LogP contribution in [0.15, 0.2) is 15.6 Å². The van der Waals surface area contributed by atoms with Crippen molar-refractivity contribution in [3.8, 4) is 0 Å². The van der Waals surface area contributed by atoms with Crippen LogP contribution in [0.5, 0.6) is 0 Å². The minimum atomic E-state index is 0.340. The average molecular weight is 363 g/mol. The Morgan fingerprint density at radius 3 is 2.77 bits per heavy atom. The van der Waals surface area contributed by atoms with E-state index < -0.39 is 0 Å². The molecule has 2 aromatic rings. The third-order valence-corrected chi connectivity index (χ3v) is 3.98. The Hall–Kier alpha value is -2.42. The Morgan fingerprint density at radius 1 is 1.35 bits per heavy atom. The number of nitrogens with one attached hydrogen (secondary N) is 2. The van der Waals surface area contributed by atoms with Gasteiger partial charge in [-0.3, -0.25) is 0 Å². The van der Waals surface area contributed by atoms with Crippen LogP contribution in [0.3, 0.4) is 0 Å². The normalized spacial score (nSPS) is 12.0. The molecule has 0 aliphatic carbocycles. The summed E-state index contributed by atoms with van der Waals surface area (Å²) in [5, 5.41) is 18.8. The van der Waals surface area contributed by atoms with Gasteiger partial charge in [0.05, 0.1) is 12.2 Å². The maximum atomic E-state index is 5.36. The van der Waals surface area contributed by atoms with Gasteiger partial charge in [-0.1, -0.05) is 19.0 Å². The number of ether oxygens (including phenoxy) is 1. The molecule has 2 aromatic heterocycles. The lowest BCUT2D eigenvalue weighted by Gasteiger charge is -2.11. The molecule has 0 amide bonds. The van der Waals surface area contributed by atoms with E-state index in [0.29, 0.717) is 31.6 Å². The zero-order chi connectivity index (χ0) is 18.9. The zero-order valence-electron chi connectivity index (χ0n) is 16.2. The number of hydrogen-bond acceptors (Lipinski definition) is 6. The number of aryl methyl sites for hydroxylation is 1. The minimum absolute atomic E-state index is 0.340. The second-order valence-corrected chi connectivity index (χ2v) is 6.39. The maximum Gasteiger partial charge on any atom is 0.192 e. The lowest BCUT2D eigenvalue weighted by molar-refractivity contribution is 0.195. The molecule has 0 radical (unpaired) electrons. The van der Waals surface area contributed by atoms with Crippen molar-refractivity contribution in [3.63, 3.8) is 0 Å². The monoisotopic (exact) mass is 363 g/mol. The third-order valence-electron chi connectivity index (χ3n) is 3.98. The van der Waals surface area contributed by atoms with Crippen molar-refractivity contribution < 1.29 is 9.26 Å². The van der Waals surface area contributed by atoms with Crippen molar-refractivity contribution >= 4 is 5.96 Å². The van der Waals surface area contributed by atoms with Crippen LogP contribution in [0.4, 0.5) is 0 Å². The molecule has 0 fully saturated rings. The summed E-state index contributed by atoms with van der Waals surface area (Å²) < 4.78 is 12.4. The zero-order valence-corrected chi connectivity index (χ0v) is 16.2. The molecule has 2 heterocycles. The molecule has 0 aliphatic heterocycles. The van der Waals surface area contributed by atoms with Crippen molar-refractivity contribution in [1.29, 1.82) is 0 Å². The van der Waals surface area contributed by atoms with E-state index in [9.17, 15) is 0 Å². The molecule has 2 N–H and O–H groups in total. The van der Waals surface area contributed by atoms with Gasteiger partial charge in [0.25, 0.3) is 0 Å². The minimum Gasteiger partial charge on any atom is -0.385 e. The summed E-state index contributed by atoms with van der Waals surface area (Å²) in [6, 6.07) is 1.96. The van der Waals surface area contributed by atoms with Crippen LogP contribution in [0.1, 0.15) is 49.3 Å². The molecular formula is C17H29N7O2. The first kappa shape index (κ1) is 19.9. The molecule has 0 spiro atoms. The van der Waals surface area contributed by atoms with Gasteiger partial charge in [0, 0.05) is 33.4 Å². The Kier molecular flexibility index (Phi) is 7.58.